The van der Waals surface area contributed by atoms with Gasteiger partial charge in [-0.05, 0) is 53.2 Å². The molecule has 0 spiro atoms. The lowest BCUT2D eigenvalue weighted by molar-refractivity contribution is 0.522. The van der Waals surface area contributed by atoms with E-state index < -0.39 is 0 Å². The average Bonchev–Trinajstić information content (AvgIpc) is 2.63. The van der Waals surface area contributed by atoms with Crippen molar-refractivity contribution in [2.75, 3.05) is 6.54 Å². The third kappa shape index (κ3) is 3.93. The molecule has 0 aliphatic carbocycles. The minimum Gasteiger partial charge on any atom is -0.310 e. The normalized spacial score (nSPS) is 12.7. The maximum atomic E-state index is 13.6. The number of aryl methyl sites for hydroxylation is 2. The van der Waals surface area contributed by atoms with E-state index in [4.69, 9.17) is 0 Å². The summed E-state index contributed by atoms with van der Waals surface area (Å²) in [5, 5.41) is 7.83. The first-order valence-electron chi connectivity index (χ1n) is 6.79. The van der Waals surface area contributed by atoms with Crippen molar-refractivity contribution in [3.63, 3.8) is 0 Å². The highest BCUT2D eigenvalue weighted by Gasteiger charge is 2.18. The molecule has 0 radical (unpaired) electrons. The lowest BCUT2D eigenvalue weighted by atomic mass is 10.0. The van der Waals surface area contributed by atoms with Crippen LogP contribution in [0.5, 0.6) is 0 Å². The van der Waals surface area contributed by atoms with Gasteiger partial charge in [0.1, 0.15) is 5.82 Å². The predicted octanol–water partition coefficient (Wildman–Crippen LogP) is 4.29. The fourth-order valence-corrected chi connectivity index (χ4v) is 3.41. The molecule has 0 amide bonds. The maximum Gasteiger partial charge on any atom is 0.124 e. The SMILES string of the molecule is CCNC(Cc1c(Br)c(C)nn1C)c1cc(F)cc(Br)c1. The first-order valence-corrected chi connectivity index (χ1v) is 8.38. The largest absolute Gasteiger partial charge is 0.310 e. The number of rotatable bonds is 5. The molecule has 1 atom stereocenters. The van der Waals surface area contributed by atoms with Crippen LogP contribution < -0.4 is 5.32 Å². The molecule has 0 aliphatic heterocycles. The Kier molecular flexibility index (Phi) is 5.57. The molecular formula is C15H18Br2FN3. The standard InChI is InChI=1S/C15H18Br2FN3/c1-4-19-13(10-5-11(16)7-12(18)6-10)8-14-15(17)9(2)20-21(14)3/h5-7,13,19H,4,8H2,1-3H3. The molecule has 3 nitrogen and oxygen atoms in total. The van der Waals surface area contributed by atoms with E-state index in [0.717, 1.165) is 38.9 Å². The molecule has 2 rings (SSSR count). The second-order valence-corrected chi connectivity index (χ2v) is 6.70. The van der Waals surface area contributed by atoms with Crippen LogP contribution in [0.4, 0.5) is 4.39 Å². The Morgan fingerprint density at radius 2 is 2.05 bits per heavy atom. The van der Waals surface area contributed by atoms with Crippen molar-refractivity contribution in [3.05, 3.63) is 49.9 Å². The van der Waals surface area contributed by atoms with Gasteiger partial charge in [-0.15, -0.1) is 0 Å². The molecule has 0 fully saturated rings. The van der Waals surface area contributed by atoms with Gasteiger partial charge < -0.3 is 5.32 Å². The Balaban J connectivity index is 2.35. The molecule has 0 bridgehead atoms. The van der Waals surface area contributed by atoms with E-state index >= 15 is 0 Å². The zero-order valence-corrected chi connectivity index (χ0v) is 15.4. The highest BCUT2D eigenvalue weighted by molar-refractivity contribution is 9.10. The Bertz CT molecular complexity index is 620. The van der Waals surface area contributed by atoms with Crippen molar-refractivity contribution >= 4 is 31.9 Å². The van der Waals surface area contributed by atoms with Gasteiger partial charge in [-0.3, -0.25) is 4.68 Å². The van der Waals surface area contributed by atoms with Gasteiger partial charge in [0.05, 0.1) is 15.9 Å². The first kappa shape index (κ1) is 16.6. The zero-order chi connectivity index (χ0) is 15.6. The number of hydrogen-bond donors (Lipinski definition) is 1. The molecule has 1 aromatic carbocycles. The molecule has 1 unspecified atom stereocenters. The number of hydrogen-bond acceptors (Lipinski definition) is 2. The second kappa shape index (κ2) is 7.03. The highest BCUT2D eigenvalue weighted by Crippen LogP contribution is 2.27. The van der Waals surface area contributed by atoms with Crippen molar-refractivity contribution in [3.8, 4) is 0 Å². The van der Waals surface area contributed by atoms with Crippen LogP contribution in [0, 0.1) is 12.7 Å². The van der Waals surface area contributed by atoms with E-state index in [9.17, 15) is 4.39 Å². The average molecular weight is 419 g/mol. The smallest absolute Gasteiger partial charge is 0.124 e. The summed E-state index contributed by atoms with van der Waals surface area (Å²) in [5.74, 6) is -0.234. The molecule has 0 aliphatic rings. The highest BCUT2D eigenvalue weighted by atomic mass is 79.9. The minimum absolute atomic E-state index is 0.0353. The lowest BCUT2D eigenvalue weighted by Crippen LogP contribution is -2.24. The second-order valence-electron chi connectivity index (χ2n) is 4.99. The number of nitrogens with one attached hydrogen (secondary N) is 1. The Hall–Kier alpha value is -0.720. The molecule has 2 aromatic rings. The maximum absolute atomic E-state index is 13.6. The number of aromatic nitrogens is 2. The summed E-state index contributed by atoms with van der Waals surface area (Å²) in [4.78, 5) is 0. The first-order chi connectivity index (χ1) is 9.92. The van der Waals surface area contributed by atoms with Crippen LogP contribution in [-0.2, 0) is 13.5 Å². The summed E-state index contributed by atoms with van der Waals surface area (Å²) in [7, 11) is 1.93. The van der Waals surface area contributed by atoms with Gasteiger partial charge in [-0.25, -0.2) is 4.39 Å². The Morgan fingerprint density at radius 3 is 2.57 bits per heavy atom. The Morgan fingerprint density at radius 1 is 1.33 bits per heavy atom. The quantitative estimate of drug-likeness (QED) is 0.784. The summed E-state index contributed by atoms with van der Waals surface area (Å²) in [5.41, 5.74) is 2.98. The molecule has 0 saturated carbocycles. The van der Waals surface area contributed by atoms with E-state index in [1.807, 2.05) is 31.6 Å². The number of benzene rings is 1. The van der Waals surface area contributed by atoms with Gasteiger partial charge in [-0.1, -0.05) is 22.9 Å². The van der Waals surface area contributed by atoms with Crippen molar-refractivity contribution < 1.29 is 4.39 Å². The molecule has 0 saturated heterocycles. The minimum atomic E-state index is -0.234. The van der Waals surface area contributed by atoms with Crippen LogP contribution in [0.1, 0.15) is 29.9 Å². The predicted molar refractivity (Wildman–Crippen MR) is 89.9 cm³/mol. The molecule has 21 heavy (non-hydrogen) atoms. The van der Waals surface area contributed by atoms with Gasteiger partial charge in [0.15, 0.2) is 0 Å². The summed E-state index contributed by atoms with van der Waals surface area (Å²) < 4.78 is 17.3. The van der Waals surface area contributed by atoms with Crippen LogP contribution in [0.2, 0.25) is 0 Å². The van der Waals surface area contributed by atoms with E-state index in [0.29, 0.717) is 0 Å². The third-order valence-corrected chi connectivity index (χ3v) is 4.89. The fourth-order valence-electron chi connectivity index (χ4n) is 2.43. The Labute approximate surface area is 141 Å². The summed E-state index contributed by atoms with van der Waals surface area (Å²) in [6, 6.07) is 5.03. The van der Waals surface area contributed by atoms with Crippen molar-refractivity contribution in [1.82, 2.24) is 15.1 Å². The molecule has 1 aromatic heterocycles. The van der Waals surface area contributed by atoms with Crippen LogP contribution in [-0.4, -0.2) is 16.3 Å². The molecular weight excluding hydrogens is 401 g/mol. The van der Waals surface area contributed by atoms with E-state index in [1.165, 1.54) is 6.07 Å². The number of likely N-dealkylation sites (N-methyl/N-ethyl adjacent to an activating group) is 1. The fraction of sp³-hybridized carbons (Fsp3) is 0.400. The third-order valence-electron chi connectivity index (χ3n) is 3.40. The topological polar surface area (TPSA) is 29.9 Å². The van der Waals surface area contributed by atoms with Gasteiger partial charge in [0, 0.05) is 24.0 Å². The van der Waals surface area contributed by atoms with Gasteiger partial charge in [-0.2, -0.15) is 5.10 Å². The lowest BCUT2D eigenvalue weighted by Gasteiger charge is -2.19. The monoisotopic (exact) mass is 417 g/mol. The van der Waals surface area contributed by atoms with E-state index in [1.54, 1.807) is 6.07 Å². The van der Waals surface area contributed by atoms with Gasteiger partial charge >= 0.3 is 0 Å². The molecule has 1 N–H and O–H groups in total. The number of nitrogens with zero attached hydrogens (tertiary/aromatic N) is 2. The van der Waals surface area contributed by atoms with E-state index in [-0.39, 0.29) is 11.9 Å². The van der Waals surface area contributed by atoms with Crippen LogP contribution >= 0.6 is 31.9 Å². The zero-order valence-electron chi connectivity index (χ0n) is 12.3. The number of halogens is 3. The van der Waals surface area contributed by atoms with Crippen LogP contribution in [0.25, 0.3) is 0 Å². The van der Waals surface area contributed by atoms with Gasteiger partial charge in [0.25, 0.3) is 0 Å². The van der Waals surface area contributed by atoms with Crippen LogP contribution in [0.3, 0.4) is 0 Å². The van der Waals surface area contributed by atoms with E-state index in [2.05, 4.69) is 42.3 Å². The van der Waals surface area contributed by atoms with Crippen molar-refractivity contribution in [2.45, 2.75) is 26.3 Å². The van der Waals surface area contributed by atoms with Crippen molar-refractivity contribution in [2.24, 2.45) is 7.05 Å². The van der Waals surface area contributed by atoms with Gasteiger partial charge in [0.2, 0.25) is 0 Å². The summed E-state index contributed by atoms with van der Waals surface area (Å²) in [6.07, 6.45) is 0.738. The summed E-state index contributed by atoms with van der Waals surface area (Å²) in [6.45, 7) is 4.83. The molecule has 114 valence electrons. The van der Waals surface area contributed by atoms with Crippen LogP contribution in [0.15, 0.2) is 27.1 Å². The summed E-state index contributed by atoms with van der Waals surface area (Å²) >= 11 is 6.94. The molecule has 1 heterocycles. The van der Waals surface area contributed by atoms with Crippen molar-refractivity contribution in [1.29, 1.82) is 0 Å². The molecule has 6 heteroatoms.